The molecule has 0 saturated heterocycles. The van der Waals surface area contributed by atoms with Crippen molar-refractivity contribution >= 4 is 65.4 Å². The molecule has 61 heavy (non-hydrogen) atoms. The number of fused-ring (bicyclic) bond motifs is 1. The summed E-state index contributed by atoms with van der Waals surface area (Å²) in [5.74, 6) is -1.70. The van der Waals surface area contributed by atoms with E-state index in [1.165, 1.54) is 24.3 Å². The van der Waals surface area contributed by atoms with Crippen molar-refractivity contribution in [1.82, 2.24) is 38.7 Å². The second kappa shape index (κ2) is 17.0. The minimum atomic E-state index is -4.71. The van der Waals surface area contributed by atoms with E-state index < -0.39 is 37.5 Å². The molecule has 1 aliphatic heterocycles. The molecule has 6 aromatic rings. The number of imidazole rings is 2. The van der Waals surface area contributed by atoms with Gasteiger partial charge in [0.25, 0.3) is 11.8 Å². The molecule has 7 rings (SSSR count). The topological polar surface area (TPSA) is 301 Å². The van der Waals surface area contributed by atoms with E-state index in [2.05, 4.69) is 35.3 Å². The van der Waals surface area contributed by atoms with Crippen LogP contribution in [0, 0.1) is 13.8 Å². The number of amides is 4. The fourth-order valence-electron chi connectivity index (χ4n) is 7.02. The van der Waals surface area contributed by atoms with E-state index in [1.54, 1.807) is 50.6 Å². The molecule has 2 aromatic carbocycles. The van der Waals surface area contributed by atoms with Crippen molar-refractivity contribution in [2.45, 2.75) is 59.8 Å². The number of phosphoric ester groups is 1. The van der Waals surface area contributed by atoms with Gasteiger partial charge in [0.2, 0.25) is 23.7 Å². The number of aromatic nitrogens is 8. The van der Waals surface area contributed by atoms with E-state index in [1.807, 2.05) is 19.9 Å². The molecule has 320 valence electrons. The van der Waals surface area contributed by atoms with Crippen LogP contribution in [0.1, 0.15) is 79.4 Å². The highest BCUT2D eigenvalue weighted by molar-refractivity contribution is 7.46. The van der Waals surface area contributed by atoms with E-state index in [-0.39, 0.29) is 72.8 Å². The first-order valence-electron chi connectivity index (χ1n) is 19.1. The highest BCUT2D eigenvalue weighted by Crippen LogP contribution is 2.39. The van der Waals surface area contributed by atoms with Crippen molar-refractivity contribution in [2.75, 3.05) is 30.5 Å². The number of rotatable bonds is 17. The predicted molar refractivity (Wildman–Crippen MR) is 219 cm³/mol. The Balaban J connectivity index is 1.28. The monoisotopic (exact) mass is 858 g/mol. The zero-order valence-electron chi connectivity index (χ0n) is 33.5. The first-order chi connectivity index (χ1) is 29.0. The number of hydrogen-bond acceptors (Lipinski definition) is 12. The molecule has 4 aromatic heterocycles. The van der Waals surface area contributed by atoms with Gasteiger partial charge in [-0.25, -0.2) is 14.5 Å². The summed E-state index contributed by atoms with van der Waals surface area (Å²) in [6.45, 7) is 7.82. The van der Waals surface area contributed by atoms with Crippen LogP contribution in [0.4, 0.5) is 11.9 Å². The Morgan fingerprint density at radius 2 is 1.43 bits per heavy atom. The van der Waals surface area contributed by atoms with Gasteiger partial charge in [-0.15, -0.1) is 0 Å². The minimum Gasteiger partial charge on any atom is -0.491 e. The SMILES string of the molecule is CCn1nc(C)cc1C(=O)Nc1nc2cc(C(N)=O)cc(OCCCOP(=O)(O)O)c2n1C/C=C/[C@H]1COc2cc(C(N)=O)cc3nc(NC(=O)c4cc(C)nn4CC)n1c23. The van der Waals surface area contributed by atoms with Gasteiger partial charge in [-0.2, -0.15) is 10.2 Å². The second-order valence-corrected chi connectivity index (χ2v) is 15.2. The molecular weight excluding hydrogens is 815 g/mol. The van der Waals surface area contributed by atoms with Crippen molar-refractivity contribution in [1.29, 1.82) is 0 Å². The Labute approximate surface area is 346 Å². The Morgan fingerprint density at radius 3 is 2.02 bits per heavy atom. The summed E-state index contributed by atoms with van der Waals surface area (Å²) in [4.78, 5) is 79.6. The normalized spacial score (nSPS) is 13.8. The van der Waals surface area contributed by atoms with Crippen LogP contribution in [0.3, 0.4) is 0 Å². The Bertz CT molecular complexity index is 2800. The van der Waals surface area contributed by atoms with Gasteiger partial charge >= 0.3 is 7.82 Å². The van der Waals surface area contributed by atoms with Gasteiger partial charge in [0.05, 0.1) is 41.7 Å². The van der Waals surface area contributed by atoms with Crippen molar-refractivity contribution in [2.24, 2.45) is 11.5 Å². The zero-order valence-corrected chi connectivity index (χ0v) is 34.4. The Kier molecular flexibility index (Phi) is 11.8. The lowest BCUT2D eigenvalue weighted by molar-refractivity contribution is 0.0991. The number of carbonyl (C=O) groups excluding carboxylic acids is 4. The summed E-state index contributed by atoms with van der Waals surface area (Å²) in [5.41, 5.74) is 14.8. The lowest BCUT2D eigenvalue weighted by Gasteiger charge is -2.25. The average molecular weight is 859 g/mol. The maximum atomic E-state index is 13.7. The van der Waals surface area contributed by atoms with E-state index >= 15 is 0 Å². The van der Waals surface area contributed by atoms with Crippen molar-refractivity contribution < 1.29 is 47.5 Å². The second-order valence-electron chi connectivity index (χ2n) is 14.0. The molecule has 0 fully saturated rings. The average Bonchev–Trinajstić information content (AvgIpc) is 3.97. The van der Waals surface area contributed by atoms with Crippen molar-refractivity contribution in [3.05, 3.63) is 82.5 Å². The molecule has 8 N–H and O–H groups in total. The zero-order chi connectivity index (χ0) is 43.7. The molecule has 0 bridgehead atoms. The number of benzene rings is 2. The number of hydrogen-bond donors (Lipinski definition) is 6. The van der Waals surface area contributed by atoms with Gasteiger partial charge in [-0.05, 0) is 64.1 Å². The Morgan fingerprint density at radius 1 is 0.852 bits per heavy atom. The first kappa shape index (κ1) is 42.3. The number of primary amides is 2. The third kappa shape index (κ3) is 8.87. The van der Waals surface area contributed by atoms with Crippen LogP contribution in [0.15, 0.2) is 48.6 Å². The number of ether oxygens (including phenoxy) is 2. The lowest BCUT2D eigenvalue weighted by atomic mass is 10.1. The van der Waals surface area contributed by atoms with Crippen molar-refractivity contribution in [3.63, 3.8) is 0 Å². The standard InChI is InChI=1S/C38H43N12O10P/c1-5-48-27(13-20(3)45-48)35(53)43-37-41-25-15-22(33(39)51)17-29(58-11-8-12-60-61(55,56)57)31(25)47(37)10-7-9-24-19-59-30-18-23(34(40)52)16-26-32(30)50(24)38(42-26)44-36(54)28-14-21(4)46-49(28)6-2/h7,9,13-18,24H,5-6,8,10-12,19H2,1-4H3,(H2,39,51)(H2,40,52)(H,41,43,53)(H,42,44,54)(H2,55,56,57)/b9-7+/t24-/m0/s1. The van der Waals surface area contributed by atoms with Gasteiger partial charge in [-0.3, -0.25) is 48.3 Å². The molecule has 0 radical (unpaired) electrons. The first-order valence-corrected chi connectivity index (χ1v) is 20.6. The molecule has 1 aliphatic rings. The summed E-state index contributed by atoms with van der Waals surface area (Å²) < 4.78 is 34.5. The van der Waals surface area contributed by atoms with Crippen LogP contribution in [0.25, 0.3) is 22.1 Å². The van der Waals surface area contributed by atoms with E-state index in [0.29, 0.717) is 52.5 Å². The van der Waals surface area contributed by atoms with E-state index in [9.17, 15) is 23.7 Å². The third-order valence-corrected chi connectivity index (χ3v) is 10.2. The maximum absolute atomic E-state index is 13.7. The number of nitrogens with two attached hydrogens (primary N) is 2. The summed E-state index contributed by atoms with van der Waals surface area (Å²) in [5, 5.41) is 14.5. The van der Waals surface area contributed by atoms with Gasteiger partial charge in [-0.1, -0.05) is 12.2 Å². The molecule has 0 spiro atoms. The number of nitrogens with zero attached hydrogens (tertiary/aromatic N) is 8. The van der Waals surface area contributed by atoms with Gasteiger partial charge in [0.15, 0.2) is 0 Å². The molecule has 5 heterocycles. The van der Waals surface area contributed by atoms with E-state index in [0.717, 1.165) is 0 Å². The van der Waals surface area contributed by atoms with E-state index in [4.69, 9.17) is 30.7 Å². The smallest absolute Gasteiger partial charge is 0.469 e. The third-order valence-electron chi connectivity index (χ3n) is 9.64. The summed E-state index contributed by atoms with van der Waals surface area (Å²) in [6.07, 6.45) is 3.65. The predicted octanol–water partition coefficient (Wildman–Crippen LogP) is 3.21. The molecule has 23 heteroatoms. The fourth-order valence-corrected chi connectivity index (χ4v) is 7.39. The molecule has 22 nitrogen and oxygen atoms in total. The summed E-state index contributed by atoms with van der Waals surface area (Å²) in [6, 6.07) is 8.62. The van der Waals surface area contributed by atoms with Gasteiger partial charge in [0, 0.05) is 37.2 Å². The van der Waals surface area contributed by atoms with Gasteiger partial charge < -0.3 is 35.3 Å². The molecule has 1 atom stereocenters. The highest BCUT2D eigenvalue weighted by atomic mass is 31.2. The highest BCUT2D eigenvalue weighted by Gasteiger charge is 2.29. The van der Waals surface area contributed by atoms with Crippen LogP contribution >= 0.6 is 7.82 Å². The number of phosphoric acid groups is 1. The minimum absolute atomic E-state index is 0.0459. The molecular formula is C38H43N12O10P. The maximum Gasteiger partial charge on any atom is 0.469 e. The molecule has 0 unspecified atom stereocenters. The number of nitrogens with one attached hydrogen (secondary N) is 2. The Hall–Kier alpha value is -6.87. The molecule has 0 aliphatic carbocycles. The molecule has 4 amide bonds. The van der Waals surface area contributed by atoms with Crippen LogP contribution in [0.5, 0.6) is 11.5 Å². The van der Waals surface area contributed by atoms with Crippen molar-refractivity contribution in [3.8, 4) is 11.5 Å². The number of carbonyl (C=O) groups is 4. The largest absolute Gasteiger partial charge is 0.491 e. The summed E-state index contributed by atoms with van der Waals surface area (Å²) in [7, 11) is -4.71. The number of anilines is 2. The fraction of sp³-hybridized carbons (Fsp3) is 0.316. The summed E-state index contributed by atoms with van der Waals surface area (Å²) >= 11 is 0. The van der Waals surface area contributed by atoms with Crippen LogP contribution in [0.2, 0.25) is 0 Å². The van der Waals surface area contributed by atoms with Crippen LogP contribution < -0.4 is 31.6 Å². The quantitative estimate of drug-likeness (QED) is 0.0436. The number of allylic oxidation sites excluding steroid dienone is 1. The molecule has 0 saturated carbocycles. The number of aryl methyl sites for hydroxylation is 4. The van der Waals surface area contributed by atoms with Crippen LogP contribution in [-0.2, 0) is 28.7 Å². The van der Waals surface area contributed by atoms with Crippen LogP contribution in [-0.4, -0.2) is 91.9 Å². The lowest BCUT2D eigenvalue weighted by Crippen LogP contribution is -2.25. The van der Waals surface area contributed by atoms with Gasteiger partial charge in [0.1, 0.15) is 40.5 Å².